The molecule has 1 aromatic heterocycles. The van der Waals surface area contributed by atoms with E-state index in [1.165, 1.54) is 5.56 Å². The number of hydrogen-bond donors (Lipinski definition) is 1. The molecule has 0 bridgehead atoms. The maximum atomic E-state index is 5.73. The Kier molecular flexibility index (Phi) is 3.53. The Labute approximate surface area is 115 Å². The highest BCUT2D eigenvalue weighted by molar-refractivity contribution is 7.99. The third-order valence-electron chi connectivity index (χ3n) is 2.86. The Morgan fingerprint density at radius 1 is 1.05 bits per heavy atom. The predicted molar refractivity (Wildman–Crippen MR) is 77.3 cm³/mol. The number of rotatable bonds is 4. The molecule has 2 N–H and O–H groups in total. The van der Waals surface area contributed by atoms with Gasteiger partial charge in [0.2, 0.25) is 0 Å². The van der Waals surface area contributed by atoms with Crippen LogP contribution in [0, 0.1) is 0 Å². The molecule has 0 aliphatic rings. The first-order valence-corrected chi connectivity index (χ1v) is 7.00. The third kappa shape index (κ3) is 2.64. The van der Waals surface area contributed by atoms with E-state index in [1.54, 1.807) is 11.8 Å². The summed E-state index contributed by atoms with van der Waals surface area (Å²) in [5.74, 6) is 0. The van der Waals surface area contributed by atoms with Crippen LogP contribution in [0.4, 0.5) is 0 Å². The molecule has 1 heterocycles. The number of nitrogens with zero attached hydrogens (tertiary/aromatic N) is 1. The first kappa shape index (κ1) is 12.3. The first-order valence-electron chi connectivity index (χ1n) is 6.18. The zero-order chi connectivity index (χ0) is 13.1. The van der Waals surface area contributed by atoms with Gasteiger partial charge in [0.1, 0.15) is 5.52 Å². The summed E-state index contributed by atoms with van der Waals surface area (Å²) in [5.41, 5.74) is 8.58. The number of hydrogen-bond acceptors (Lipinski definition) is 4. The van der Waals surface area contributed by atoms with Gasteiger partial charge in [0, 0.05) is 4.90 Å². The first-order chi connectivity index (χ1) is 9.36. The molecule has 0 spiro atoms. The molecule has 96 valence electrons. The summed E-state index contributed by atoms with van der Waals surface area (Å²) in [7, 11) is 0. The lowest BCUT2D eigenvalue weighted by atomic mass is 10.1. The molecule has 4 heteroatoms. The minimum atomic E-state index is 0.644. The van der Waals surface area contributed by atoms with Crippen LogP contribution in [-0.4, -0.2) is 11.5 Å². The van der Waals surface area contributed by atoms with Crippen molar-refractivity contribution in [2.45, 2.75) is 16.5 Å². The minimum absolute atomic E-state index is 0.644. The van der Waals surface area contributed by atoms with E-state index < -0.39 is 0 Å². The summed E-state index contributed by atoms with van der Waals surface area (Å²) in [5, 5.41) is 0.672. The van der Waals surface area contributed by atoms with Crippen LogP contribution in [0.2, 0.25) is 0 Å². The van der Waals surface area contributed by atoms with Gasteiger partial charge in [-0.05, 0) is 48.5 Å². The van der Waals surface area contributed by atoms with E-state index in [-0.39, 0.29) is 0 Å². The largest absolute Gasteiger partial charge is 0.431 e. The van der Waals surface area contributed by atoms with Crippen molar-refractivity contribution in [2.24, 2.45) is 5.73 Å². The van der Waals surface area contributed by atoms with Gasteiger partial charge in [-0.3, -0.25) is 0 Å². The summed E-state index contributed by atoms with van der Waals surface area (Å²) >= 11 is 1.55. The van der Waals surface area contributed by atoms with Crippen LogP contribution < -0.4 is 5.73 Å². The van der Waals surface area contributed by atoms with Crippen LogP contribution in [0.15, 0.2) is 63.1 Å². The number of fused-ring (bicyclic) bond motifs is 1. The van der Waals surface area contributed by atoms with Crippen LogP contribution in [0.3, 0.4) is 0 Å². The van der Waals surface area contributed by atoms with E-state index in [0.29, 0.717) is 11.8 Å². The molecule has 0 radical (unpaired) electrons. The average Bonchev–Trinajstić information content (AvgIpc) is 2.83. The molecule has 3 aromatic rings. The van der Waals surface area contributed by atoms with Crippen molar-refractivity contribution in [2.75, 3.05) is 6.54 Å². The number of aromatic nitrogens is 1. The van der Waals surface area contributed by atoms with Crippen molar-refractivity contribution in [3.8, 4) is 0 Å². The summed E-state index contributed by atoms with van der Waals surface area (Å²) in [6.45, 7) is 0.644. The lowest BCUT2D eigenvalue weighted by molar-refractivity contribution is 0.489. The fourth-order valence-corrected chi connectivity index (χ4v) is 2.87. The maximum Gasteiger partial charge on any atom is 0.261 e. The summed E-state index contributed by atoms with van der Waals surface area (Å²) < 4.78 is 5.73. The van der Waals surface area contributed by atoms with Crippen molar-refractivity contribution in [3.63, 3.8) is 0 Å². The van der Waals surface area contributed by atoms with E-state index >= 15 is 0 Å². The Hall–Kier alpha value is -1.78. The molecule has 0 amide bonds. The molecule has 0 unspecified atom stereocenters. The summed E-state index contributed by atoms with van der Waals surface area (Å²) in [6, 6.07) is 16.0. The van der Waals surface area contributed by atoms with E-state index in [4.69, 9.17) is 10.2 Å². The van der Waals surface area contributed by atoms with Gasteiger partial charge in [-0.25, -0.2) is 4.98 Å². The molecule has 0 aliphatic carbocycles. The van der Waals surface area contributed by atoms with Crippen molar-refractivity contribution in [3.05, 3.63) is 54.1 Å². The van der Waals surface area contributed by atoms with Gasteiger partial charge >= 0.3 is 0 Å². The molecule has 19 heavy (non-hydrogen) atoms. The van der Waals surface area contributed by atoms with E-state index in [2.05, 4.69) is 17.1 Å². The summed E-state index contributed by atoms with van der Waals surface area (Å²) in [4.78, 5) is 5.63. The Bertz CT molecular complexity index is 660. The molecular formula is C15H14N2OS. The SMILES string of the molecule is NCCc1ccccc1Sc1nc2ccccc2o1. The molecule has 3 rings (SSSR count). The lowest BCUT2D eigenvalue weighted by Crippen LogP contribution is -2.03. The number of nitrogens with two attached hydrogens (primary N) is 1. The fraction of sp³-hybridized carbons (Fsp3) is 0.133. The standard InChI is InChI=1S/C15H14N2OS/c16-10-9-11-5-1-4-8-14(11)19-15-17-12-6-2-3-7-13(12)18-15/h1-8H,9-10,16H2. The van der Waals surface area contributed by atoms with Crippen molar-refractivity contribution in [1.82, 2.24) is 4.98 Å². The molecule has 0 fully saturated rings. The monoisotopic (exact) mass is 270 g/mol. The van der Waals surface area contributed by atoms with Gasteiger partial charge < -0.3 is 10.2 Å². The van der Waals surface area contributed by atoms with Crippen LogP contribution in [0.5, 0.6) is 0 Å². The highest BCUT2D eigenvalue weighted by Crippen LogP contribution is 2.32. The lowest BCUT2D eigenvalue weighted by Gasteiger charge is -2.05. The van der Waals surface area contributed by atoms with E-state index in [1.807, 2.05) is 36.4 Å². The van der Waals surface area contributed by atoms with Gasteiger partial charge in [0.25, 0.3) is 5.22 Å². The smallest absolute Gasteiger partial charge is 0.261 e. The molecule has 0 saturated heterocycles. The summed E-state index contributed by atoms with van der Waals surface area (Å²) in [6.07, 6.45) is 0.864. The maximum absolute atomic E-state index is 5.73. The van der Waals surface area contributed by atoms with Crippen LogP contribution in [-0.2, 0) is 6.42 Å². The Balaban J connectivity index is 1.92. The molecule has 0 saturated carbocycles. The topological polar surface area (TPSA) is 52.0 Å². The van der Waals surface area contributed by atoms with Crippen molar-refractivity contribution >= 4 is 22.9 Å². The van der Waals surface area contributed by atoms with E-state index in [0.717, 1.165) is 22.4 Å². The average molecular weight is 270 g/mol. The van der Waals surface area contributed by atoms with Crippen molar-refractivity contribution < 1.29 is 4.42 Å². The molecule has 2 aromatic carbocycles. The molecule has 0 atom stereocenters. The van der Waals surface area contributed by atoms with Gasteiger partial charge in [-0.2, -0.15) is 0 Å². The molecule has 3 nitrogen and oxygen atoms in total. The highest BCUT2D eigenvalue weighted by atomic mass is 32.2. The van der Waals surface area contributed by atoms with Gasteiger partial charge in [0.05, 0.1) is 0 Å². The fourth-order valence-electron chi connectivity index (χ4n) is 1.95. The van der Waals surface area contributed by atoms with Crippen LogP contribution >= 0.6 is 11.8 Å². The van der Waals surface area contributed by atoms with Crippen LogP contribution in [0.25, 0.3) is 11.1 Å². The van der Waals surface area contributed by atoms with Crippen LogP contribution in [0.1, 0.15) is 5.56 Å². The third-order valence-corrected chi connectivity index (χ3v) is 3.83. The molecule has 0 aliphatic heterocycles. The predicted octanol–water partition coefficient (Wildman–Crippen LogP) is 3.48. The quantitative estimate of drug-likeness (QED) is 0.788. The number of benzene rings is 2. The second-order valence-corrected chi connectivity index (χ2v) is 5.19. The normalized spacial score (nSPS) is 11.0. The zero-order valence-corrected chi connectivity index (χ0v) is 11.2. The second-order valence-electron chi connectivity index (χ2n) is 4.20. The minimum Gasteiger partial charge on any atom is -0.431 e. The zero-order valence-electron chi connectivity index (χ0n) is 10.4. The highest BCUT2D eigenvalue weighted by Gasteiger charge is 2.09. The number of oxazole rings is 1. The number of para-hydroxylation sites is 2. The van der Waals surface area contributed by atoms with E-state index in [9.17, 15) is 0 Å². The second kappa shape index (κ2) is 5.47. The van der Waals surface area contributed by atoms with Crippen molar-refractivity contribution in [1.29, 1.82) is 0 Å². The Morgan fingerprint density at radius 3 is 2.68 bits per heavy atom. The van der Waals surface area contributed by atoms with Gasteiger partial charge in [-0.1, -0.05) is 30.3 Å². The Morgan fingerprint density at radius 2 is 1.84 bits per heavy atom. The van der Waals surface area contributed by atoms with Gasteiger partial charge in [-0.15, -0.1) is 0 Å². The molecular weight excluding hydrogens is 256 g/mol. The van der Waals surface area contributed by atoms with Gasteiger partial charge in [0.15, 0.2) is 5.58 Å².